The molecule has 1 aromatic heterocycles. The van der Waals surface area contributed by atoms with Crippen LogP contribution in [-0.4, -0.2) is 27.8 Å². The molecule has 1 fully saturated rings. The van der Waals surface area contributed by atoms with Crippen LogP contribution in [0.4, 0.5) is 0 Å². The lowest BCUT2D eigenvalue weighted by Gasteiger charge is -2.30. The smallest absolute Gasteiger partial charge is 0.112 e. The molecule has 0 N–H and O–H groups in total. The first kappa shape index (κ1) is 14.4. The first-order chi connectivity index (χ1) is 10.1. The molecular weight excluding hydrogens is 258 g/mol. The maximum atomic E-state index is 4.91. The molecule has 1 unspecified atom stereocenters. The fraction of sp³-hybridized carbons (Fsp3) is 0.611. The number of fused-ring (bicyclic) bond motifs is 1. The molecule has 1 atom stereocenters. The Bertz CT molecular complexity index is 561. The Labute approximate surface area is 128 Å². The summed E-state index contributed by atoms with van der Waals surface area (Å²) in [7, 11) is 0. The van der Waals surface area contributed by atoms with E-state index in [2.05, 4.69) is 36.6 Å². The zero-order chi connectivity index (χ0) is 15.0. The fourth-order valence-electron chi connectivity index (χ4n) is 3.70. The molecule has 1 aliphatic carbocycles. The molecule has 3 nitrogen and oxygen atoms in total. The van der Waals surface area contributed by atoms with Crippen LogP contribution in [0.1, 0.15) is 62.4 Å². The van der Waals surface area contributed by atoms with E-state index in [-0.39, 0.29) is 0 Å². The van der Waals surface area contributed by atoms with Gasteiger partial charge in [-0.2, -0.15) is 5.10 Å². The Kier molecular flexibility index (Phi) is 3.92. The van der Waals surface area contributed by atoms with E-state index in [1.807, 2.05) is 0 Å². The number of hydrogen-bond donors (Lipinski definition) is 0. The van der Waals surface area contributed by atoms with Crippen LogP contribution in [0.25, 0.3) is 5.70 Å². The van der Waals surface area contributed by atoms with Gasteiger partial charge in [0.2, 0.25) is 0 Å². The summed E-state index contributed by atoms with van der Waals surface area (Å²) in [4.78, 5) is 2.43. The molecule has 2 aliphatic rings. The van der Waals surface area contributed by atoms with Gasteiger partial charge in [0, 0.05) is 24.3 Å². The predicted octanol–water partition coefficient (Wildman–Crippen LogP) is 3.97. The van der Waals surface area contributed by atoms with Gasteiger partial charge < -0.3 is 4.90 Å². The summed E-state index contributed by atoms with van der Waals surface area (Å²) in [6.45, 7) is 15.9. The van der Waals surface area contributed by atoms with Crippen molar-refractivity contribution in [2.75, 3.05) is 13.1 Å². The molecule has 1 aliphatic heterocycles. The second-order valence-electron chi connectivity index (χ2n) is 6.76. The lowest BCUT2D eigenvalue weighted by molar-refractivity contribution is 0.325. The molecule has 0 saturated carbocycles. The third kappa shape index (κ3) is 2.66. The van der Waals surface area contributed by atoms with Gasteiger partial charge in [-0.15, -0.1) is 0 Å². The highest BCUT2D eigenvalue weighted by Crippen LogP contribution is 2.38. The number of piperidine rings is 1. The minimum atomic E-state index is 0.607. The van der Waals surface area contributed by atoms with Gasteiger partial charge in [0.1, 0.15) is 5.69 Å². The van der Waals surface area contributed by atoms with Crippen molar-refractivity contribution in [3.63, 3.8) is 0 Å². The summed E-state index contributed by atoms with van der Waals surface area (Å²) in [6.07, 6.45) is 6.29. The van der Waals surface area contributed by atoms with Crippen molar-refractivity contribution in [3.05, 3.63) is 35.7 Å². The van der Waals surface area contributed by atoms with Crippen LogP contribution < -0.4 is 0 Å². The van der Waals surface area contributed by atoms with E-state index in [0.717, 1.165) is 43.0 Å². The SMILES string of the molecule is C=C(C)Cn1nc(C(=C)N2CCCCC2)c2c1CCC2C. The van der Waals surface area contributed by atoms with E-state index in [9.17, 15) is 0 Å². The topological polar surface area (TPSA) is 21.1 Å². The molecule has 21 heavy (non-hydrogen) atoms. The summed E-state index contributed by atoms with van der Waals surface area (Å²) in [6, 6.07) is 0. The van der Waals surface area contributed by atoms with Crippen LogP contribution in [0.5, 0.6) is 0 Å². The van der Waals surface area contributed by atoms with Gasteiger partial charge in [-0.1, -0.05) is 25.7 Å². The summed E-state index contributed by atoms with van der Waals surface area (Å²) in [5.74, 6) is 0.607. The summed E-state index contributed by atoms with van der Waals surface area (Å²) >= 11 is 0. The highest BCUT2D eigenvalue weighted by molar-refractivity contribution is 5.64. The van der Waals surface area contributed by atoms with Gasteiger partial charge in [-0.25, -0.2) is 0 Å². The Morgan fingerprint density at radius 2 is 1.95 bits per heavy atom. The Morgan fingerprint density at radius 1 is 1.24 bits per heavy atom. The third-order valence-corrected chi connectivity index (χ3v) is 4.84. The maximum absolute atomic E-state index is 4.91. The molecule has 3 rings (SSSR count). The molecule has 2 heterocycles. The highest BCUT2D eigenvalue weighted by atomic mass is 15.3. The van der Waals surface area contributed by atoms with E-state index >= 15 is 0 Å². The van der Waals surface area contributed by atoms with Crippen molar-refractivity contribution in [3.8, 4) is 0 Å². The minimum Gasteiger partial charge on any atom is -0.370 e. The molecule has 114 valence electrons. The normalized spacial score (nSPS) is 21.4. The van der Waals surface area contributed by atoms with Gasteiger partial charge in [0.15, 0.2) is 0 Å². The van der Waals surface area contributed by atoms with Crippen LogP contribution >= 0.6 is 0 Å². The Balaban J connectivity index is 1.94. The zero-order valence-electron chi connectivity index (χ0n) is 13.5. The Morgan fingerprint density at radius 3 is 2.62 bits per heavy atom. The number of rotatable bonds is 4. The maximum Gasteiger partial charge on any atom is 0.112 e. The Hall–Kier alpha value is -1.51. The minimum absolute atomic E-state index is 0.607. The van der Waals surface area contributed by atoms with Crippen molar-refractivity contribution in [2.24, 2.45) is 0 Å². The lowest BCUT2D eigenvalue weighted by atomic mass is 10.0. The molecule has 1 saturated heterocycles. The summed E-state index contributed by atoms with van der Waals surface area (Å²) in [5, 5.41) is 4.91. The van der Waals surface area contributed by atoms with Crippen LogP contribution in [0.15, 0.2) is 18.7 Å². The van der Waals surface area contributed by atoms with Crippen LogP contribution in [0, 0.1) is 0 Å². The largest absolute Gasteiger partial charge is 0.370 e. The highest BCUT2D eigenvalue weighted by Gasteiger charge is 2.30. The third-order valence-electron chi connectivity index (χ3n) is 4.84. The molecule has 0 aromatic carbocycles. The lowest BCUT2D eigenvalue weighted by Crippen LogP contribution is -2.28. The van der Waals surface area contributed by atoms with Crippen LogP contribution in [-0.2, 0) is 13.0 Å². The quantitative estimate of drug-likeness (QED) is 0.781. The standard InChI is InChI=1S/C18H27N3/c1-13(2)12-21-16-9-8-14(3)17(16)18(19-21)15(4)20-10-6-5-7-11-20/h14H,1,4-12H2,2-3H3. The van der Waals surface area contributed by atoms with E-state index in [0.29, 0.717) is 5.92 Å². The first-order valence-electron chi connectivity index (χ1n) is 8.26. The average molecular weight is 285 g/mol. The fourth-order valence-corrected chi connectivity index (χ4v) is 3.70. The number of aromatic nitrogens is 2. The van der Waals surface area contributed by atoms with E-state index in [4.69, 9.17) is 5.10 Å². The van der Waals surface area contributed by atoms with Crippen molar-refractivity contribution in [2.45, 2.75) is 58.4 Å². The van der Waals surface area contributed by atoms with Gasteiger partial charge in [-0.05, 0) is 44.9 Å². The number of likely N-dealkylation sites (tertiary alicyclic amines) is 1. The van der Waals surface area contributed by atoms with E-state index in [1.165, 1.54) is 36.9 Å². The second-order valence-corrected chi connectivity index (χ2v) is 6.76. The summed E-state index contributed by atoms with van der Waals surface area (Å²) in [5.41, 5.74) is 6.32. The zero-order valence-corrected chi connectivity index (χ0v) is 13.5. The molecule has 0 radical (unpaired) electrons. The van der Waals surface area contributed by atoms with Crippen molar-refractivity contribution < 1.29 is 0 Å². The average Bonchev–Trinajstić information content (AvgIpc) is 3.01. The number of nitrogens with zero attached hydrogens (tertiary/aromatic N) is 3. The van der Waals surface area contributed by atoms with E-state index in [1.54, 1.807) is 0 Å². The van der Waals surface area contributed by atoms with E-state index < -0.39 is 0 Å². The molecular formula is C18H27N3. The molecule has 0 bridgehead atoms. The van der Waals surface area contributed by atoms with Gasteiger partial charge in [0.25, 0.3) is 0 Å². The molecule has 0 amide bonds. The van der Waals surface area contributed by atoms with Crippen molar-refractivity contribution in [1.82, 2.24) is 14.7 Å². The summed E-state index contributed by atoms with van der Waals surface area (Å²) < 4.78 is 2.17. The van der Waals surface area contributed by atoms with Gasteiger partial charge in [0.05, 0.1) is 12.2 Å². The number of hydrogen-bond acceptors (Lipinski definition) is 2. The first-order valence-corrected chi connectivity index (χ1v) is 8.26. The van der Waals surface area contributed by atoms with Crippen molar-refractivity contribution >= 4 is 5.70 Å². The van der Waals surface area contributed by atoms with Gasteiger partial charge in [-0.3, -0.25) is 4.68 Å². The monoisotopic (exact) mass is 285 g/mol. The molecule has 1 aromatic rings. The van der Waals surface area contributed by atoms with Crippen LogP contribution in [0.3, 0.4) is 0 Å². The van der Waals surface area contributed by atoms with Gasteiger partial charge >= 0.3 is 0 Å². The molecule has 3 heteroatoms. The molecule has 0 spiro atoms. The van der Waals surface area contributed by atoms with Crippen LogP contribution in [0.2, 0.25) is 0 Å². The van der Waals surface area contributed by atoms with Crippen molar-refractivity contribution in [1.29, 1.82) is 0 Å². The number of allylic oxidation sites excluding steroid dienone is 1. The second kappa shape index (κ2) is 5.70. The predicted molar refractivity (Wildman–Crippen MR) is 88.2 cm³/mol.